The van der Waals surface area contributed by atoms with Gasteiger partial charge in [0.05, 0.1) is 11.7 Å². The Hall–Kier alpha value is -3.26. The molecule has 0 aliphatic rings. The summed E-state index contributed by atoms with van der Waals surface area (Å²) in [5, 5.41) is 6.80. The van der Waals surface area contributed by atoms with Crippen molar-refractivity contribution in [2.45, 2.75) is 6.54 Å². The SMILES string of the molecule is CN/N=C(/N)c1cccc(/C=C/C(=O)NCc2ccc3nsnc3c2)c1. The molecule has 0 saturated carbocycles. The Kier molecular flexibility index (Phi) is 5.55. The second-order valence-electron chi connectivity index (χ2n) is 5.48. The highest BCUT2D eigenvalue weighted by Gasteiger charge is 2.02. The molecule has 0 saturated heterocycles. The van der Waals surface area contributed by atoms with Gasteiger partial charge in [-0.1, -0.05) is 24.3 Å². The van der Waals surface area contributed by atoms with E-state index in [0.29, 0.717) is 12.4 Å². The van der Waals surface area contributed by atoms with Gasteiger partial charge in [-0.25, -0.2) is 0 Å². The van der Waals surface area contributed by atoms with E-state index in [9.17, 15) is 4.79 Å². The van der Waals surface area contributed by atoms with Gasteiger partial charge in [-0.2, -0.15) is 13.8 Å². The van der Waals surface area contributed by atoms with Gasteiger partial charge < -0.3 is 16.5 Å². The zero-order valence-corrected chi connectivity index (χ0v) is 15.0. The van der Waals surface area contributed by atoms with E-state index in [2.05, 4.69) is 24.6 Å². The minimum Gasteiger partial charge on any atom is -0.382 e. The smallest absolute Gasteiger partial charge is 0.244 e. The van der Waals surface area contributed by atoms with Crippen molar-refractivity contribution in [3.63, 3.8) is 0 Å². The molecule has 0 spiro atoms. The number of fused-ring (bicyclic) bond motifs is 1. The second-order valence-corrected chi connectivity index (χ2v) is 6.01. The zero-order chi connectivity index (χ0) is 18.4. The standard InChI is InChI=1S/C18H18N6OS/c1-20-22-18(19)14-4-2-3-12(9-14)6-8-17(25)21-11-13-5-7-15-16(10-13)24-26-23-15/h2-10,20H,11H2,1H3,(H2,19,22)(H,21,25)/b8-6+. The number of amidine groups is 1. The first-order chi connectivity index (χ1) is 12.7. The molecule has 0 aliphatic heterocycles. The molecule has 1 amide bonds. The molecule has 132 valence electrons. The number of carbonyl (C=O) groups is 1. The molecule has 8 heteroatoms. The number of hydrogen-bond donors (Lipinski definition) is 3. The number of nitrogens with one attached hydrogen (secondary N) is 2. The lowest BCUT2D eigenvalue weighted by atomic mass is 10.1. The van der Waals surface area contributed by atoms with Crippen molar-refractivity contribution in [2.75, 3.05) is 7.05 Å². The predicted octanol–water partition coefficient (Wildman–Crippen LogP) is 1.86. The number of nitrogens with two attached hydrogens (primary N) is 1. The Balaban J connectivity index is 1.60. The van der Waals surface area contributed by atoms with Crippen LogP contribution in [0, 0.1) is 0 Å². The van der Waals surface area contributed by atoms with E-state index >= 15 is 0 Å². The molecule has 0 bridgehead atoms. The summed E-state index contributed by atoms with van der Waals surface area (Å²) in [6.45, 7) is 0.429. The second kappa shape index (κ2) is 8.21. The first-order valence-corrected chi connectivity index (χ1v) is 8.66. The maximum atomic E-state index is 12.0. The van der Waals surface area contributed by atoms with Crippen molar-refractivity contribution >= 4 is 40.6 Å². The number of benzene rings is 2. The quantitative estimate of drug-likeness (QED) is 0.267. The third-order valence-electron chi connectivity index (χ3n) is 3.63. The molecule has 3 rings (SSSR count). The largest absolute Gasteiger partial charge is 0.382 e. The molecule has 1 heterocycles. The van der Waals surface area contributed by atoms with E-state index < -0.39 is 0 Å². The van der Waals surface area contributed by atoms with Gasteiger partial charge in [-0.05, 0) is 35.4 Å². The Bertz CT molecular complexity index is 978. The first-order valence-electron chi connectivity index (χ1n) is 7.93. The van der Waals surface area contributed by atoms with Gasteiger partial charge in [0.2, 0.25) is 5.91 Å². The van der Waals surface area contributed by atoms with Crippen LogP contribution in [0.3, 0.4) is 0 Å². The number of carbonyl (C=O) groups excluding carboxylic acids is 1. The summed E-state index contributed by atoms with van der Waals surface area (Å²) in [5.74, 6) is 0.211. The van der Waals surface area contributed by atoms with Crippen molar-refractivity contribution < 1.29 is 4.79 Å². The maximum absolute atomic E-state index is 12.0. The van der Waals surface area contributed by atoms with E-state index in [1.54, 1.807) is 13.1 Å². The number of hydrazone groups is 1. The third kappa shape index (κ3) is 4.42. The van der Waals surface area contributed by atoms with Crippen LogP contribution in [0.5, 0.6) is 0 Å². The molecule has 0 fully saturated rings. The third-order valence-corrected chi connectivity index (χ3v) is 4.18. The lowest BCUT2D eigenvalue weighted by molar-refractivity contribution is -0.116. The highest BCUT2D eigenvalue weighted by molar-refractivity contribution is 7.00. The topological polar surface area (TPSA) is 105 Å². The van der Waals surface area contributed by atoms with E-state index in [4.69, 9.17) is 5.73 Å². The van der Waals surface area contributed by atoms with E-state index in [0.717, 1.165) is 27.7 Å². The van der Waals surface area contributed by atoms with Crippen LogP contribution >= 0.6 is 11.7 Å². The van der Waals surface area contributed by atoms with Crippen molar-refractivity contribution in [3.8, 4) is 0 Å². The van der Waals surface area contributed by atoms with Gasteiger partial charge in [-0.15, -0.1) is 0 Å². The van der Waals surface area contributed by atoms with Gasteiger partial charge in [0.25, 0.3) is 0 Å². The summed E-state index contributed by atoms with van der Waals surface area (Å²) >= 11 is 1.18. The van der Waals surface area contributed by atoms with Crippen LogP contribution in [0.2, 0.25) is 0 Å². The van der Waals surface area contributed by atoms with Crippen molar-refractivity contribution in [1.29, 1.82) is 0 Å². The van der Waals surface area contributed by atoms with Crippen LogP contribution < -0.4 is 16.5 Å². The number of rotatable bonds is 6. The van der Waals surface area contributed by atoms with E-state index in [1.165, 1.54) is 17.8 Å². The summed E-state index contributed by atoms with van der Waals surface area (Å²) in [5.41, 5.74) is 12.8. The van der Waals surface area contributed by atoms with E-state index in [-0.39, 0.29) is 5.91 Å². The van der Waals surface area contributed by atoms with Crippen molar-refractivity contribution in [1.82, 2.24) is 19.5 Å². The molecule has 2 aromatic carbocycles. The van der Waals surface area contributed by atoms with Gasteiger partial charge in [0, 0.05) is 25.2 Å². The average Bonchev–Trinajstić information content (AvgIpc) is 3.13. The highest BCUT2D eigenvalue weighted by atomic mass is 32.1. The molecule has 0 unspecified atom stereocenters. The van der Waals surface area contributed by atoms with Gasteiger partial charge in [-0.3, -0.25) is 4.79 Å². The fraction of sp³-hybridized carbons (Fsp3) is 0.111. The number of aromatic nitrogens is 2. The van der Waals surface area contributed by atoms with Crippen LogP contribution in [0.25, 0.3) is 17.1 Å². The van der Waals surface area contributed by atoms with Crippen LogP contribution in [0.1, 0.15) is 16.7 Å². The number of amides is 1. The Morgan fingerprint density at radius 2 is 2.08 bits per heavy atom. The van der Waals surface area contributed by atoms with Gasteiger partial charge >= 0.3 is 0 Å². The van der Waals surface area contributed by atoms with Crippen molar-refractivity contribution in [2.24, 2.45) is 10.8 Å². The highest BCUT2D eigenvalue weighted by Crippen LogP contribution is 2.13. The molecule has 4 N–H and O–H groups in total. The fourth-order valence-electron chi connectivity index (χ4n) is 2.34. The monoisotopic (exact) mass is 366 g/mol. The Morgan fingerprint density at radius 3 is 2.92 bits per heavy atom. The first kappa shape index (κ1) is 17.6. The summed E-state index contributed by atoms with van der Waals surface area (Å²) in [4.78, 5) is 12.0. The molecular formula is C18H18N6OS. The Labute approximate surface area is 154 Å². The molecule has 7 nitrogen and oxygen atoms in total. The summed E-state index contributed by atoms with van der Waals surface area (Å²) in [7, 11) is 1.68. The molecule has 1 aromatic heterocycles. The average molecular weight is 366 g/mol. The number of hydrogen-bond acceptors (Lipinski definition) is 6. The minimum absolute atomic E-state index is 0.177. The fourth-order valence-corrected chi connectivity index (χ4v) is 2.86. The maximum Gasteiger partial charge on any atom is 0.244 e. The molecular weight excluding hydrogens is 348 g/mol. The minimum atomic E-state index is -0.177. The summed E-state index contributed by atoms with van der Waals surface area (Å²) in [6.07, 6.45) is 3.23. The van der Waals surface area contributed by atoms with E-state index in [1.807, 2.05) is 42.5 Å². The number of nitrogens with zero attached hydrogens (tertiary/aromatic N) is 3. The lowest BCUT2D eigenvalue weighted by Gasteiger charge is -2.03. The van der Waals surface area contributed by atoms with Crippen LogP contribution in [-0.2, 0) is 11.3 Å². The van der Waals surface area contributed by atoms with Gasteiger partial charge in [0.1, 0.15) is 11.0 Å². The molecule has 3 aromatic rings. The normalized spacial score (nSPS) is 11.8. The molecule has 26 heavy (non-hydrogen) atoms. The molecule has 0 atom stereocenters. The Morgan fingerprint density at radius 1 is 1.23 bits per heavy atom. The van der Waals surface area contributed by atoms with Crippen LogP contribution in [0.15, 0.2) is 53.6 Å². The lowest BCUT2D eigenvalue weighted by Crippen LogP contribution is -2.20. The van der Waals surface area contributed by atoms with Gasteiger partial charge in [0.15, 0.2) is 5.84 Å². The predicted molar refractivity (Wildman–Crippen MR) is 105 cm³/mol. The summed E-state index contributed by atoms with van der Waals surface area (Å²) in [6, 6.07) is 13.2. The zero-order valence-electron chi connectivity index (χ0n) is 14.1. The van der Waals surface area contributed by atoms with Crippen molar-refractivity contribution in [3.05, 3.63) is 65.2 Å². The molecule has 0 aliphatic carbocycles. The summed E-state index contributed by atoms with van der Waals surface area (Å²) < 4.78 is 8.36. The van der Waals surface area contributed by atoms with Crippen LogP contribution in [-0.4, -0.2) is 27.5 Å². The molecule has 0 radical (unpaired) electrons. The van der Waals surface area contributed by atoms with Crippen LogP contribution in [0.4, 0.5) is 0 Å².